The smallest absolute Gasteiger partial charge is 0.119 e. The van der Waals surface area contributed by atoms with E-state index in [2.05, 4.69) is 19.2 Å². The lowest BCUT2D eigenvalue weighted by atomic mass is 10.2. The molecule has 0 radical (unpaired) electrons. The van der Waals surface area contributed by atoms with Crippen LogP contribution in [-0.4, -0.2) is 30.4 Å². The molecule has 0 aliphatic carbocycles. The van der Waals surface area contributed by atoms with Crippen molar-refractivity contribution in [3.8, 4) is 5.75 Å². The number of aliphatic hydroxyl groups is 1. The molecule has 0 heterocycles. The van der Waals surface area contributed by atoms with Crippen LogP contribution in [0.4, 0.5) is 0 Å². The van der Waals surface area contributed by atoms with Crippen LogP contribution in [0.3, 0.4) is 0 Å². The van der Waals surface area contributed by atoms with E-state index < -0.39 is 6.10 Å². The Hall–Kier alpha value is -1.06. The monoisotopic (exact) mass is 223 g/mol. The van der Waals surface area contributed by atoms with Gasteiger partial charge < -0.3 is 15.2 Å². The highest BCUT2D eigenvalue weighted by Crippen LogP contribution is 2.08. The van der Waals surface area contributed by atoms with Crippen molar-refractivity contribution in [2.75, 3.05) is 13.2 Å². The maximum atomic E-state index is 9.67. The zero-order chi connectivity index (χ0) is 11.8. The molecule has 0 aliphatic heterocycles. The van der Waals surface area contributed by atoms with Crippen molar-refractivity contribution in [3.05, 3.63) is 30.3 Å². The minimum absolute atomic E-state index is 0.327. The van der Waals surface area contributed by atoms with E-state index in [1.54, 1.807) is 0 Å². The summed E-state index contributed by atoms with van der Waals surface area (Å²) in [6.07, 6.45) is 0.598. The van der Waals surface area contributed by atoms with Crippen molar-refractivity contribution in [1.82, 2.24) is 5.32 Å². The first-order valence-electron chi connectivity index (χ1n) is 5.81. The van der Waals surface area contributed by atoms with Gasteiger partial charge in [-0.05, 0) is 25.5 Å². The van der Waals surface area contributed by atoms with E-state index in [1.807, 2.05) is 30.3 Å². The van der Waals surface area contributed by atoms with Crippen molar-refractivity contribution < 1.29 is 9.84 Å². The molecular weight excluding hydrogens is 202 g/mol. The van der Waals surface area contributed by atoms with Gasteiger partial charge >= 0.3 is 0 Å². The van der Waals surface area contributed by atoms with E-state index in [0.717, 1.165) is 12.2 Å². The van der Waals surface area contributed by atoms with Crippen LogP contribution >= 0.6 is 0 Å². The summed E-state index contributed by atoms with van der Waals surface area (Å²) in [6.45, 7) is 5.12. The predicted molar refractivity (Wildman–Crippen MR) is 65.7 cm³/mol. The molecule has 1 aromatic rings. The first-order valence-corrected chi connectivity index (χ1v) is 5.81. The van der Waals surface area contributed by atoms with Gasteiger partial charge in [-0.15, -0.1) is 0 Å². The van der Waals surface area contributed by atoms with Crippen LogP contribution in [0.2, 0.25) is 0 Å². The summed E-state index contributed by atoms with van der Waals surface area (Å²) in [7, 11) is 0. The number of hydrogen-bond acceptors (Lipinski definition) is 3. The number of hydrogen-bond donors (Lipinski definition) is 2. The van der Waals surface area contributed by atoms with Crippen molar-refractivity contribution in [3.63, 3.8) is 0 Å². The number of benzene rings is 1. The number of para-hydroxylation sites is 1. The highest BCUT2D eigenvalue weighted by atomic mass is 16.5. The Labute approximate surface area is 97.4 Å². The summed E-state index contributed by atoms with van der Waals surface area (Å²) < 4.78 is 5.44. The maximum absolute atomic E-state index is 9.67. The third kappa shape index (κ3) is 5.14. The number of nitrogens with one attached hydrogen (secondary N) is 1. The molecule has 0 saturated carbocycles. The second-order valence-corrected chi connectivity index (χ2v) is 4.00. The van der Waals surface area contributed by atoms with Crippen molar-refractivity contribution >= 4 is 0 Å². The summed E-state index contributed by atoms with van der Waals surface area (Å²) in [4.78, 5) is 0. The standard InChI is InChI=1S/C13H21NO2/c1-3-11(2)14-9-12(15)10-16-13-7-5-4-6-8-13/h4-8,11-12,14-15H,3,9-10H2,1-2H3/t11-,12-/m1/s1. The van der Waals surface area contributed by atoms with E-state index in [9.17, 15) is 5.11 Å². The van der Waals surface area contributed by atoms with Gasteiger partial charge in [0.15, 0.2) is 0 Å². The Bertz CT molecular complexity index is 277. The molecule has 90 valence electrons. The van der Waals surface area contributed by atoms with Crippen molar-refractivity contribution in [2.45, 2.75) is 32.4 Å². The zero-order valence-electron chi connectivity index (χ0n) is 10.0. The summed E-state index contributed by atoms with van der Waals surface area (Å²) in [5.74, 6) is 0.796. The van der Waals surface area contributed by atoms with Crippen LogP contribution in [0.25, 0.3) is 0 Å². The maximum Gasteiger partial charge on any atom is 0.119 e. The van der Waals surface area contributed by atoms with E-state index in [0.29, 0.717) is 19.2 Å². The molecule has 0 bridgehead atoms. The molecule has 0 amide bonds. The van der Waals surface area contributed by atoms with Crippen LogP contribution in [0.1, 0.15) is 20.3 Å². The van der Waals surface area contributed by atoms with Gasteiger partial charge in [-0.2, -0.15) is 0 Å². The second kappa shape index (κ2) is 7.25. The van der Waals surface area contributed by atoms with E-state index in [1.165, 1.54) is 0 Å². The molecule has 0 unspecified atom stereocenters. The minimum atomic E-state index is -0.464. The third-order valence-electron chi connectivity index (χ3n) is 2.50. The molecular formula is C13H21NO2. The van der Waals surface area contributed by atoms with Gasteiger partial charge in [0, 0.05) is 12.6 Å². The first kappa shape index (κ1) is 13.0. The van der Waals surface area contributed by atoms with Crippen LogP contribution in [0.15, 0.2) is 30.3 Å². The topological polar surface area (TPSA) is 41.5 Å². The summed E-state index contributed by atoms with van der Waals surface area (Å²) in [5.41, 5.74) is 0. The van der Waals surface area contributed by atoms with Crippen molar-refractivity contribution in [2.24, 2.45) is 0 Å². The average molecular weight is 223 g/mol. The Morgan fingerprint density at radius 1 is 1.31 bits per heavy atom. The van der Waals surface area contributed by atoms with Gasteiger partial charge in [0.05, 0.1) is 0 Å². The Morgan fingerprint density at radius 3 is 2.62 bits per heavy atom. The SMILES string of the molecule is CC[C@@H](C)NC[C@@H](O)COc1ccccc1. The molecule has 0 spiro atoms. The molecule has 0 saturated heterocycles. The average Bonchev–Trinajstić information content (AvgIpc) is 2.34. The molecule has 0 fully saturated rings. The summed E-state index contributed by atoms with van der Waals surface area (Å²) >= 11 is 0. The van der Waals surface area contributed by atoms with Crippen molar-refractivity contribution in [1.29, 1.82) is 0 Å². The van der Waals surface area contributed by atoms with Gasteiger partial charge in [0.1, 0.15) is 18.5 Å². The third-order valence-corrected chi connectivity index (χ3v) is 2.50. The summed E-state index contributed by atoms with van der Waals surface area (Å²) in [5, 5.41) is 12.9. The fourth-order valence-corrected chi connectivity index (χ4v) is 1.25. The van der Waals surface area contributed by atoms with Gasteiger partial charge in [-0.1, -0.05) is 25.1 Å². The second-order valence-electron chi connectivity index (χ2n) is 4.00. The van der Waals surface area contributed by atoms with Gasteiger partial charge in [0.25, 0.3) is 0 Å². The quantitative estimate of drug-likeness (QED) is 0.741. The predicted octanol–water partition coefficient (Wildman–Crippen LogP) is 1.81. The number of aliphatic hydroxyl groups excluding tert-OH is 1. The molecule has 2 N–H and O–H groups in total. The Morgan fingerprint density at radius 2 is 2.00 bits per heavy atom. The molecule has 1 aromatic carbocycles. The van der Waals surface area contributed by atoms with Gasteiger partial charge in [-0.25, -0.2) is 0 Å². The lowest BCUT2D eigenvalue weighted by Crippen LogP contribution is -2.36. The fraction of sp³-hybridized carbons (Fsp3) is 0.538. The van der Waals surface area contributed by atoms with E-state index >= 15 is 0 Å². The van der Waals surface area contributed by atoms with Crippen LogP contribution in [-0.2, 0) is 0 Å². The molecule has 0 aromatic heterocycles. The summed E-state index contributed by atoms with van der Waals surface area (Å²) in [6, 6.07) is 9.97. The van der Waals surface area contributed by atoms with Gasteiger partial charge in [-0.3, -0.25) is 0 Å². The normalized spacial score (nSPS) is 14.4. The fourth-order valence-electron chi connectivity index (χ4n) is 1.25. The van der Waals surface area contributed by atoms with Crippen LogP contribution < -0.4 is 10.1 Å². The molecule has 3 nitrogen and oxygen atoms in total. The molecule has 3 heteroatoms. The Kier molecular flexibility index (Phi) is 5.90. The molecule has 16 heavy (non-hydrogen) atoms. The van der Waals surface area contributed by atoms with Gasteiger partial charge in [0.2, 0.25) is 0 Å². The lowest BCUT2D eigenvalue weighted by molar-refractivity contribution is 0.104. The highest BCUT2D eigenvalue weighted by molar-refractivity contribution is 5.20. The molecule has 1 rings (SSSR count). The molecule has 0 aliphatic rings. The number of ether oxygens (including phenoxy) is 1. The zero-order valence-corrected chi connectivity index (χ0v) is 10.0. The van der Waals surface area contributed by atoms with E-state index in [4.69, 9.17) is 4.74 Å². The molecule has 2 atom stereocenters. The van der Waals surface area contributed by atoms with Crippen LogP contribution in [0, 0.1) is 0 Å². The Balaban J connectivity index is 2.18. The first-order chi connectivity index (χ1) is 7.72. The minimum Gasteiger partial charge on any atom is -0.491 e. The van der Waals surface area contributed by atoms with E-state index in [-0.39, 0.29) is 0 Å². The highest BCUT2D eigenvalue weighted by Gasteiger charge is 2.06. The largest absolute Gasteiger partial charge is 0.491 e. The number of rotatable bonds is 7. The van der Waals surface area contributed by atoms with Crippen LogP contribution in [0.5, 0.6) is 5.75 Å². The lowest BCUT2D eigenvalue weighted by Gasteiger charge is -2.16.